The Morgan fingerprint density at radius 3 is 2.68 bits per heavy atom. The third kappa shape index (κ3) is 3.03. The monoisotopic (exact) mass is 263 g/mol. The summed E-state index contributed by atoms with van der Waals surface area (Å²) in [6, 6.07) is 6.03. The molecule has 0 amide bonds. The van der Waals surface area contributed by atoms with Gasteiger partial charge in [0.05, 0.1) is 7.11 Å². The molecule has 3 nitrogen and oxygen atoms in total. The zero-order chi connectivity index (χ0) is 14.0. The molecular weight excluding hydrogens is 238 g/mol. The van der Waals surface area contributed by atoms with Gasteiger partial charge in [-0.1, -0.05) is 19.9 Å². The normalized spacial score (nSPS) is 26.1. The fourth-order valence-electron chi connectivity index (χ4n) is 2.81. The summed E-state index contributed by atoms with van der Waals surface area (Å²) >= 11 is 0. The van der Waals surface area contributed by atoms with Crippen molar-refractivity contribution in [1.82, 2.24) is 4.90 Å². The molecule has 1 heterocycles. The first-order chi connectivity index (χ1) is 9.02. The van der Waals surface area contributed by atoms with Gasteiger partial charge in [0.2, 0.25) is 0 Å². The van der Waals surface area contributed by atoms with Crippen LogP contribution in [-0.4, -0.2) is 30.2 Å². The molecule has 1 aliphatic rings. The van der Waals surface area contributed by atoms with Gasteiger partial charge in [-0.25, -0.2) is 0 Å². The lowest BCUT2D eigenvalue weighted by atomic mass is 9.87. The first kappa shape index (κ1) is 14.2. The minimum atomic E-state index is 0.207. The molecular formula is C16H25NO2. The lowest BCUT2D eigenvalue weighted by Gasteiger charge is -2.39. The Morgan fingerprint density at radius 1 is 1.32 bits per heavy atom. The number of benzene rings is 1. The molecule has 1 fully saturated rings. The number of hydrogen-bond donors (Lipinski definition) is 1. The highest BCUT2D eigenvalue weighted by Gasteiger charge is 2.26. The SMILES string of the molecule is COc1cc(C(C)N2CCC(C)C(C)C2)ccc1O. The lowest BCUT2D eigenvalue weighted by Crippen LogP contribution is -2.39. The number of hydrogen-bond acceptors (Lipinski definition) is 3. The van der Waals surface area contributed by atoms with Gasteiger partial charge in [-0.3, -0.25) is 4.90 Å². The number of piperidine rings is 1. The van der Waals surface area contributed by atoms with Crippen LogP contribution in [0, 0.1) is 11.8 Å². The molecule has 1 aliphatic heterocycles. The van der Waals surface area contributed by atoms with Crippen molar-refractivity contribution < 1.29 is 9.84 Å². The van der Waals surface area contributed by atoms with E-state index in [1.165, 1.54) is 12.0 Å². The minimum Gasteiger partial charge on any atom is -0.504 e. The summed E-state index contributed by atoms with van der Waals surface area (Å²) in [5.41, 5.74) is 1.21. The van der Waals surface area contributed by atoms with Crippen LogP contribution in [0.4, 0.5) is 0 Å². The molecule has 0 saturated carbocycles. The van der Waals surface area contributed by atoms with Crippen molar-refractivity contribution in [3.63, 3.8) is 0 Å². The van der Waals surface area contributed by atoms with Gasteiger partial charge in [-0.05, 0) is 49.4 Å². The van der Waals surface area contributed by atoms with Gasteiger partial charge in [-0.2, -0.15) is 0 Å². The fraction of sp³-hybridized carbons (Fsp3) is 0.625. The van der Waals surface area contributed by atoms with Crippen molar-refractivity contribution in [3.05, 3.63) is 23.8 Å². The zero-order valence-corrected chi connectivity index (χ0v) is 12.4. The number of nitrogens with zero attached hydrogens (tertiary/aromatic N) is 1. The third-order valence-corrected chi connectivity index (χ3v) is 4.60. The molecule has 3 unspecified atom stereocenters. The Hall–Kier alpha value is -1.22. The van der Waals surface area contributed by atoms with Gasteiger partial charge in [0.25, 0.3) is 0 Å². The van der Waals surface area contributed by atoms with Crippen LogP contribution in [0.15, 0.2) is 18.2 Å². The van der Waals surface area contributed by atoms with E-state index in [2.05, 4.69) is 25.7 Å². The summed E-state index contributed by atoms with van der Waals surface area (Å²) < 4.78 is 5.19. The van der Waals surface area contributed by atoms with Crippen LogP contribution in [0.5, 0.6) is 11.5 Å². The number of rotatable bonds is 3. The van der Waals surface area contributed by atoms with E-state index in [1.54, 1.807) is 13.2 Å². The topological polar surface area (TPSA) is 32.7 Å². The quantitative estimate of drug-likeness (QED) is 0.906. The van der Waals surface area contributed by atoms with E-state index in [0.717, 1.165) is 24.9 Å². The lowest BCUT2D eigenvalue weighted by molar-refractivity contribution is 0.103. The largest absolute Gasteiger partial charge is 0.504 e. The number of phenolic OH excluding ortho intramolecular Hbond substituents is 1. The van der Waals surface area contributed by atoms with E-state index in [-0.39, 0.29) is 5.75 Å². The molecule has 1 N–H and O–H groups in total. The smallest absolute Gasteiger partial charge is 0.160 e. The molecule has 106 valence electrons. The Labute approximate surface area is 116 Å². The van der Waals surface area contributed by atoms with Crippen molar-refractivity contribution in [2.45, 2.75) is 33.2 Å². The average Bonchev–Trinajstić information content (AvgIpc) is 2.41. The van der Waals surface area contributed by atoms with Gasteiger partial charge in [-0.15, -0.1) is 0 Å². The zero-order valence-electron chi connectivity index (χ0n) is 12.4. The molecule has 1 aromatic carbocycles. The molecule has 3 heteroatoms. The van der Waals surface area contributed by atoms with Crippen LogP contribution in [0.3, 0.4) is 0 Å². The van der Waals surface area contributed by atoms with Crippen LogP contribution < -0.4 is 4.74 Å². The maximum Gasteiger partial charge on any atom is 0.160 e. The van der Waals surface area contributed by atoms with Gasteiger partial charge in [0.1, 0.15) is 0 Å². The second kappa shape index (κ2) is 5.83. The average molecular weight is 263 g/mol. The molecule has 0 spiro atoms. The molecule has 0 radical (unpaired) electrons. The number of aromatic hydroxyl groups is 1. The van der Waals surface area contributed by atoms with Crippen LogP contribution in [0.25, 0.3) is 0 Å². The Morgan fingerprint density at radius 2 is 2.05 bits per heavy atom. The predicted octanol–water partition coefficient (Wildman–Crippen LogP) is 3.44. The van der Waals surface area contributed by atoms with Crippen LogP contribution in [0.2, 0.25) is 0 Å². The number of likely N-dealkylation sites (tertiary alicyclic amines) is 1. The van der Waals surface area contributed by atoms with Gasteiger partial charge < -0.3 is 9.84 Å². The maximum absolute atomic E-state index is 9.67. The summed E-state index contributed by atoms with van der Waals surface area (Å²) in [4.78, 5) is 2.52. The molecule has 0 aromatic heterocycles. The Balaban J connectivity index is 2.13. The summed E-state index contributed by atoms with van der Waals surface area (Å²) in [5, 5.41) is 9.67. The second-order valence-corrected chi connectivity index (χ2v) is 5.85. The van der Waals surface area contributed by atoms with E-state index in [9.17, 15) is 5.11 Å². The van der Waals surface area contributed by atoms with E-state index in [1.807, 2.05) is 12.1 Å². The third-order valence-electron chi connectivity index (χ3n) is 4.60. The molecule has 19 heavy (non-hydrogen) atoms. The molecule has 1 saturated heterocycles. The molecule has 1 aromatic rings. The molecule has 0 bridgehead atoms. The number of ether oxygens (including phenoxy) is 1. The first-order valence-electron chi connectivity index (χ1n) is 7.14. The van der Waals surface area contributed by atoms with Gasteiger partial charge in [0, 0.05) is 12.6 Å². The van der Waals surface area contributed by atoms with Crippen molar-refractivity contribution in [2.75, 3.05) is 20.2 Å². The van der Waals surface area contributed by atoms with E-state index in [0.29, 0.717) is 11.8 Å². The van der Waals surface area contributed by atoms with Crippen LogP contribution in [-0.2, 0) is 0 Å². The van der Waals surface area contributed by atoms with Crippen molar-refractivity contribution in [1.29, 1.82) is 0 Å². The Kier molecular flexibility index (Phi) is 4.35. The van der Waals surface area contributed by atoms with Gasteiger partial charge in [0.15, 0.2) is 11.5 Å². The van der Waals surface area contributed by atoms with E-state index < -0.39 is 0 Å². The van der Waals surface area contributed by atoms with E-state index >= 15 is 0 Å². The highest BCUT2D eigenvalue weighted by molar-refractivity contribution is 5.42. The number of phenols is 1. The molecule has 3 atom stereocenters. The molecule has 0 aliphatic carbocycles. The Bertz CT molecular complexity index is 433. The summed E-state index contributed by atoms with van der Waals surface area (Å²) in [5.74, 6) is 2.33. The second-order valence-electron chi connectivity index (χ2n) is 5.85. The summed E-state index contributed by atoms with van der Waals surface area (Å²) in [6.45, 7) is 9.20. The van der Waals surface area contributed by atoms with Crippen LogP contribution in [0.1, 0.15) is 38.8 Å². The standard InChI is InChI=1S/C16H25NO2/c1-11-7-8-17(10-12(11)2)13(3)14-5-6-15(18)16(9-14)19-4/h5-6,9,11-13,18H,7-8,10H2,1-4H3. The minimum absolute atomic E-state index is 0.207. The maximum atomic E-state index is 9.67. The molecule has 2 rings (SSSR count). The highest BCUT2D eigenvalue weighted by atomic mass is 16.5. The fourth-order valence-corrected chi connectivity index (χ4v) is 2.81. The van der Waals surface area contributed by atoms with Gasteiger partial charge >= 0.3 is 0 Å². The summed E-state index contributed by atoms with van der Waals surface area (Å²) in [7, 11) is 1.59. The van der Waals surface area contributed by atoms with Crippen molar-refractivity contribution in [3.8, 4) is 11.5 Å². The van der Waals surface area contributed by atoms with Crippen molar-refractivity contribution >= 4 is 0 Å². The highest BCUT2D eigenvalue weighted by Crippen LogP contribution is 2.33. The summed E-state index contributed by atoms with van der Waals surface area (Å²) in [6.07, 6.45) is 1.26. The van der Waals surface area contributed by atoms with Crippen LogP contribution >= 0.6 is 0 Å². The van der Waals surface area contributed by atoms with E-state index in [4.69, 9.17) is 4.74 Å². The number of methoxy groups -OCH3 is 1. The van der Waals surface area contributed by atoms with Crippen molar-refractivity contribution in [2.24, 2.45) is 11.8 Å². The predicted molar refractivity (Wildman–Crippen MR) is 77.6 cm³/mol. The first-order valence-corrected chi connectivity index (χ1v) is 7.14.